The monoisotopic (exact) mass is 744 g/mol. The number of halogens is 2. The zero-order valence-electron chi connectivity index (χ0n) is 24.9. The highest BCUT2D eigenvalue weighted by Gasteiger charge is 2.32. The second-order valence-corrected chi connectivity index (χ2v) is 13.3. The topological polar surface area (TPSA) is 139 Å². The number of nitro benzene ring substituents is 2. The van der Waals surface area contributed by atoms with Crippen LogP contribution in [-0.4, -0.2) is 21.5 Å². The number of hydrogen-bond donors (Lipinski definition) is 0. The number of nitrogens with zero attached hydrogens (tertiary/aromatic N) is 4. The van der Waals surface area contributed by atoms with Gasteiger partial charge >= 0.3 is 5.69 Å². The molecule has 0 radical (unpaired) electrons. The summed E-state index contributed by atoms with van der Waals surface area (Å²) in [6, 6.07) is 21.8. The van der Waals surface area contributed by atoms with E-state index in [9.17, 15) is 25.0 Å². The fourth-order valence-electron chi connectivity index (χ4n) is 6.00. The second kappa shape index (κ2) is 12.5. The summed E-state index contributed by atoms with van der Waals surface area (Å²) in [6.07, 6.45) is 3.32. The summed E-state index contributed by atoms with van der Waals surface area (Å²) in [7, 11) is 1.41. The van der Waals surface area contributed by atoms with Crippen LogP contribution in [0.5, 0.6) is 17.2 Å². The van der Waals surface area contributed by atoms with E-state index in [0.29, 0.717) is 24.4 Å². The number of non-ortho nitro benzene ring substituents is 1. The lowest BCUT2D eigenvalue weighted by Crippen LogP contribution is -2.38. The third-order valence-electron chi connectivity index (χ3n) is 8.17. The van der Waals surface area contributed by atoms with E-state index in [1.165, 1.54) is 24.0 Å². The molecule has 1 aliphatic carbocycles. The predicted molar refractivity (Wildman–Crippen MR) is 185 cm³/mol. The number of fused-ring (bicyclic) bond motifs is 3. The van der Waals surface area contributed by atoms with Crippen LogP contribution in [0.2, 0.25) is 5.02 Å². The molecule has 4 aromatic carbocycles. The van der Waals surface area contributed by atoms with Gasteiger partial charge in [-0.25, -0.2) is 4.99 Å². The molecule has 1 atom stereocenters. The third kappa shape index (κ3) is 5.59. The summed E-state index contributed by atoms with van der Waals surface area (Å²) >= 11 is 11.0. The first kappa shape index (κ1) is 31.5. The molecular weight excluding hydrogens is 724 g/mol. The molecule has 5 aromatic rings. The van der Waals surface area contributed by atoms with Crippen molar-refractivity contribution in [2.45, 2.75) is 18.9 Å². The van der Waals surface area contributed by atoms with E-state index in [1.807, 2.05) is 36.4 Å². The van der Waals surface area contributed by atoms with E-state index in [1.54, 1.807) is 22.8 Å². The Balaban J connectivity index is 1.34. The van der Waals surface area contributed by atoms with Gasteiger partial charge in [0.2, 0.25) is 5.75 Å². The van der Waals surface area contributed by atoms with Crippen molar-refractivity contribution in [3.8, 4) is 17.2 Å². The Kier molecular flexibility index (Phi) is 8.19. The van der Waals surface area contributed by atoms with Gasteiger partial charge < -0.3 is 9.47 Å². The van der Waals surface area contributed by atoms with Crippen LogP contribution in [0.4, 0.5) is 11.4 Å². The molecule has 0 spiro atoms. The molecule has 240 valence electrons. The molecule has 0 N–H and O–H groups in total. The zero-order valence-corrected chi connectivity index (χ0v) is 28.0. The van der Waals surface area contributed by atoms with Crippen molar-refractivity contribution >= 4 is 62.0 Å². The summed E-state index contributed by atoms with van der Waals surface area (Å²) in [5.74, 6) is 0.114. The Morgan fingerprint density at radius 1 is 1.00 bits per heavy atom. The van der Waals surface area contributed by atoms with E-state index in [4.69, 9.17) is 26.1 Å². The first-order chi connectivity index (χ1) is 23.1. The normalized spacial score (nSPS) is 15.2. The number of aryl methyl sites for hydroxylation is 1. The average Bonchev–Trinajstić information content (AvgIpc) is 3.38. The predicted octanol–water partition coefficient (Wildman–Crippen LogP) is 7.35. The van der Waals surface area contributed by atoms with Crippen molar-refractivity contribution in [2.75, 3.05) is 7.11 Å². The lowest BCUT2D eigenvalue weighted by Gasteiger charge is -2.30. The maximum atomic E-state index is 14.2. The molecule has 2 heterocycles. The Morgan fingerprint density at radius 2 is 1.77 bits per heavy atom. The molecule has 1 aliphatic heterocycles. The Morgan fingerprint density at radius 3 is 2.50 bits per heavy atom. The number of rotatable bonds is 7. The van der Waals surface area contributed by atoms with E-state index in [-0.39, 0.29) is 28.8 Å². The lowest BCUT2D eigenvalue weighted by molar-refractivity contribution is -0.394. The molecule has 2 aliphatic rings. The first-order valence-electron chi connectivity index (χ1n) is 14.5. The second-order valence-electron chi connectivity index (χ2n) is 11.0. The van der Waals surface area contributed by atoms with Gasteiger partial charge in [0.15, 0.2) is 16.3 Å². The van der Waals surface area contributed by atoms with Gasteiger partial charge in [-0.05, 0) is 87.4 Å². The number of hydrogen-bond acceptors (Lipinski definition) is 9. The van der Waals surface area contributed by atoms with Crippen molar-refractivity contribution in [1.82, 2.24) is 4.57 Å². The molecule has 0 amide bonds. The number of nitro groups is 2. The number of aromatic nitrogens is 1. The van der Waals surface area contributed by atoms with Crippen LogP contribution in [0.1, 0.15) is 34.7 Å². The highest BCUT2D eigenvalue weighted by Crippen LogP contribution is 2.44. The van der Waals surface area contributed by atoms with Gasteiger partial charge in [-0.2, -0.15) is 0 Å². The fraction of sp³-hybridized carbons (Fsp3) is 0.118. The van der Waals surface area contributed by atoms with E-state index < -0.39 is 21.2 Å². The van der Waals surface area contributed by atoms with E-state index >= 15 is 0 Å². The van der Waals surface area contributed by atoms with Gasteiger partial charge in [0, 0.05) is 16.7 Å². The molecule has 7 rings (SSSR count). The highest BCUT2D eigenvalue weighted by molar-refractivity contribution is 9.10. The van der Waals surface area contributed by atoms with Gasteiger partial charge in [0.25, 0.3) is 11.2 Å². The molecular formula is C34H22BrClN4O7S. The summed E-state index contributed by atoms with van der Waals surface area (Å²) in [4.78, 5) is 41.1. The molecule has 48 heavy (non-hydrogen) atoms. The van der Waals surface area contributed by atoms with Crippen LogP contribution in [0.15, 0.2) is 98.7 Å². The number of allylic oxidation sites excluding steroid dienone is 1. The molecule has 0 saturated carbocycles. The van der Waals surface area contributed by atoms with Gasteiger partial charge in [0.05, 0.1) is 43.8 Å². The van der Waals surface area contributed by atoms with Crippen molar-refractivity contribution in [3.63, 3.8) is 0 Å². The summed E-state index contributed by atoms with van der Waals surface area (Å²) < 4.78 is 14.0. The maximum Gasteiger partial charge on any atom is 0.318 e. The molecule has 11 nitrogen and oxygen atoms in total. The Labute approximate surface area is 289 Å². The fourth-order valence-corrected chi connectivity index (χ4v) is 7.67. The number of ether oxygens (including phenoxy) is 2. The van der Waals surface area contributed by atoms with Crippen molar-refractivity contribution in [2.24, 2.45) is 4.99 Å². The van der Waals surface area contributed by atoms with Crippen molar-refractivity contribution < 1.29 is 19.3 Å². The standard InChI is InChI=1S/C34H22BrClN4O7S/c1-46-28-15-18(14-25(35)32(28)47-27-13-11-22(39(42)43)17-26(27)40(44)45)16-29-33(41)38-31(20-6-9-21(36)10-7-20)24-12-8-19-4-2-3-5-23(19)30(24)37-34(38)48-29/h2-7,9-11,13-17,31H,8,12H2,1H3/b29-16+/t31-/m1/s1. The largest absolute Gasteiger partial charge is 0.493 e. The van der Waals surface area contributed by atoms with Gasteiger partial charge in [-0.1, -0.05) is 59.3 Å². The third-order valence-corrected chi connectivity index (χ3v) is 9.99. The molecule has 1 aromatic heterocycles. The highest BCUT2D eigenvalue weighted by atomic mass is 79.9. The molecule has 0 unspecified atom stereocenters. The number of methoxy groups -OCH3 is 1. The zero-order chi connectivity index (χ0) is 33.7. The van der Waals surface area contributed by atoms with Crippen LogP contribution >= 0.6 is 38.9 Å². The first-order valence-corrected chi connectivity index (χ1v) is 16.5. The summed E-state index contributed by atoms with van der Waals surface area (Å²) in [6.45, 7) is 0. The minimum absolute atomic E-state index is 0.113. The lowest BCUT2D eigenvalue weighted by atomic mass is 9.83. The molecule has 0 bridgehead atoms. The average molecular weight is 746 g/mol. The van der Waals surface area contributed by atoms with Crippen LogP contribution in [0, 0.1) is 20.2 Å². The van der Waals surface area contributed by atoms with Crippen LogP contribution in [0.25, 0.3) is 11.8 Å². The van der Waals surface area contributed by atoms with Crippen molar-refractivity contribution in [1.29, 1.82) is 0 Å². The molecule has 0 saturated heterocycles. The summed E-state index contributed by atoms with van der Waals surface area (Å²) in [5, 5.41) is 23.4. The van der Waals surface area contributed by atoms with Gasteiger partial charge in [-0.3, -0.25) is 29.6 Å². The van der Waals surface area contributed by atoms with E-state index in [2.05, 4.69) is 28.1 Å². The molecule has 14 heteroatoms. The molecule has 0 fully saturated rings. The van der Waals surface area contributed by atoms with E-state index in [0.717, 1.165) is 53.4 Å². The van der Waals surface area contributed by atoms with Crippen LogP contribution < -0.4 is 24.4 Å². The van der Waals surface area contributed by atoms with Crippen molar-refractivity contribution in [3.05, 3.63) is 156 Å². The minimum Gasteiger partial charge on any atom is -0.493 e. The maximum absolute atomic E-state index is 14.2. The smallest absolute Gasteiger partial charge is 0.318 e. The summed E-state index contributed by atoms with van der Waals surface area (Å²) in [5.41, 5.74) is 4.52. The quantitative estimate of drug-likeness (QED) is 0.125. The van der Waals surface area contributed by atoms with Gasteiger partial charge in [0.1, 0.15) is 0 Å². The van der Waals surface area contributed by atoms with Gasteiger partial charge in [-0.15, -0.1) is 0 Å². The Bertz CT molecular complexity index is 2390. The minimum atomic E-state index is -0.759. The SMILES string of the molecule is COc1cc(/C=c2/sc3n(c2=O)[C@H](c2ccc(Cl)cc2)C2=C(N=3)c3ccccc3CC2)cc(Br)c1Oc1ccc([N+](=O)[O-])cc1[N+](=O)[O-]. The number of thiazole rings is 1. The Hall–Kier alpha value is -5.11. The number of benzene rings is 4. The van der Waals surface area contributed by atoms with Crippen LogP contribution in [0.3, 0.4) is 0 Å². The van der Waals surface area contributed by atoms with Crippen LogP contribution in [-0.2, 0) is 6.42 Å².